The summed E-state index contributed by atoms with van der Waals surface area (Å²) in [6.45, 7) is 10.9. The van der Waals surface area contributed by atoms with Gasteiger partial charge in [0.1, 0.15) is 0 Å². The Bertz CT molecular complexity index is 239. The Kier molecular flexibility index (Phi) is 4.95. The number of rotatable bonds is 4. The summed E-state index contributed by atoms with van der Waals surface area (Å²) in [6, 6.07) is 0. The van der Waals surface area contributed by atoms with Crippen LogP contribution in [0.1, 0.15) is 27.2 Å². The van der Waals surface area contributed by atoms with Gasteiger partial charge in [0, 0.05) is 31.7 Å². The van der Waals surface area contributed by atoms with Gasteiger partial charge >= 0.3 is 0 Å². The van der Waals surface area contributed by atoms with E-state index < -0.39 is 5.60 Å². The molecule has 0 radical (unpaired) electrons. The standard InChI is InChI=1S/C13H29N3O/c1-12(2)9-14-10-13(3,17)11-16(12)8-6-7-15(4)5/h14,17H,6-11H2,1-5H3. The lowest BCUT2D eigenvalue weighted by molar-refractivity contribution is 0.00905. The quantitative estimate of drug-likeness (QED) is 0.748. The fourth-order valence-electron chi connectivity index (χ4n) is 2.39. The predicted octanol–water partition coefficient (Wildman–Crippen LogP) is 0.373. The van der Waals surface area contributed by atoms with Gasteiger partial charge in [-0.3, -0.25) is 4.90 Å². The van der Waals surface area contributed by atoms with E-state index >= 15 is 0 Å². The number of nitrogens with zero attached hydrogens (tertiary/aromatic N) is 2. The van der Waals surface area contributed by atoms with Crippen molar-refractivity contribution < 1.29 is 5.11 Å². The van der Waals surface area contributed by atoms with Crippen molar-refractivity contribution in [2.75, 3.05) is 46.8 Å². The first-order valence-corrected chi connectivity index (χ1v) is 6.56. The first kappa shape index (κ1) is 14.9. The minimum atomic E-state index is -0.619. The molecule has 17 heavy (non-hydrogen) atoms. The summed E-state index contributed by atoms with van der Waals surface area (Å²) in [5, 5.41) is 13.6. The van der Waals surface area contributed by atoms with E-state index in [4.69, 9.17) is 0 Å². The van der Waals surface area contributed by atoms with Crippen LogP contribution in [-0.2, 0) is 0 Å². The molecule has 0 saturated carbocycles. The van der Waals surface area contributed by atoms with Crippen molar-refractivity contribution in [2.24, 2.45) is 0 Å². The molecule has 1 atom stereocenters. The third-order valence-corrected chi connectivity index (χ3v) is 3.48. The van der Waals surface area contributed by atoms with Gasteiger partial charge in [-0.1, -0.05) is 0 Å². The molecule has 1 unspecified atom stereocenters. The minimum absolute atomic E-state index is 0.118. The number of nitrogens with one attached hydrogen (secondary N) is 1. The Hall–Kier alpha value is -0.160. The van der Waals surface area contributed by atoms with Gasteiger partial charge in [-0.05, 0) is 47.8 Å². The van der Waals surface area contributed by atoms with Crippen molar-refractivity contribution in [3.8, 4) is 0 Å². The van der Waals surface area contributed by atoms with Crippen LogP contribution in [0.4, 0.5) is 0 Å². The Balaban J connectivity index is 2.57. The zero-order chi connectivity index (χ0) is 13.1. The van der Waals surface area contributed by atoms with E-state index in [1.54, 1.807) is 0 Å². The van der Waals surface area contributed by atoms with Crippen molar-refractivity contribution in [3.05, 3.63) is 0 Å². The van der Waals surface area contributed by atoms with Gasteiger partial charge in [-0.15, -0.1) is 0 Å². The lowest BCUT2D eigenvalue weighted by Gasteiger charge is -2.39. The summed E-state index contributed by atoms with van der Waals surface area (Å²) in [4.78, 5) is 4.62. The molecule has 0 bridgehead atoms. The molecular formula is C13H29N3O. The van der Waals surface area contributed by atoms with Crippen molar-refractivity contribution in [1.82, 2.24) is 15.1 Å². The van der Waals surface area contributed by atoms with E-state index in [9.17, 15) is 5.11 Å². The van der Waals surface area contributed by atoms with Gasteiger partial charge in [0.2, 0.25) is 0 Å². The maximum atomic E-state index is 10.3. The van der Waals surface area contributed by atoms with E-state index in [0.717, 1.165) is 32.6 Å². The molecule has 0 aliphatic carbocycles. The number of β-amino-alcohol motifs (C(OH)–C–C–N with tert-alkyl or cyclic N) is 1. The normalized spacial score (nSPS) is 30.5. The molecule has 1 aliphatic rings. The molecule has 0 aromatic carbocycles. The lowest BCUT2D eigenvalue weighted by Crippen LogP contribution is -2.51. The van der Waals surface area contributed by atoms with Crippen LogP contribution < -0.4 is 5.32 Å². The predicted molar refractivity (Wildman–Crippen MR) is 72.3 cm³/mol. The van der Waals surface area contributed by atoms with E-state index in [2.05, 4.69) is 43.1 Å². The fourth-order valence-corrected chi connectivity index (χ4v) is 2.39. The average molecular weight is 243 g/mol. The summed E-state index contributed by atoms with van der Waals surface area (Å²) in [5.41, 5.74) is -0.501. The van der Waals surface area contributed by atoms with Gasteiger partial charge in [-0.25, -0.2) is 0 Å². The fraction of sp³-hybridized carbons (Fsp3) is 1.00. The van der Waals surface area contributed by atoms with Gasteiger partial charge < -0.3 is 15.3 Å². The first-order valence-electron chi connectivity index (χ1n) is 6.56. The highest BCUT2D eigenvalue weighted by molar-refractivity contribution is 4.93. The van der Waals surface area contributed by atoms with Gasteiger partial charge in [-0.2, -0.15) is 0 Å². The van der Waals surface area contributed by atoms with E-state index in [-0.39, 0.29) is 5.54 Å². The molecule has 4 heteroatoms. The zero-order valence-corrected chi connectivity index (χ0v) is 12.1. The summed E-state index contributed by atoms with van der Waals surface area (Å²) >= 11 is 0. The second-order valence-electron chi connectivity index (χ2n) is 6.49. The smallest absolute Gasteiger partial charge is 0.0869 e. The monoisotopic (exact) mass is 243 g/mol. The Labute approximate surface area is 106 Å². The van der Waals surface area contributed by atoms with Crippen LogP contribution >= 0.6 is 0 Å². The molecule has 0 aromatic heterocycles. The second-order valence-corrected chi connectivity index (χ2v) is 6.49. The van der Waals surface area contributed by atoms with E-state index in [0.29, 0.717) is 6.54 Å². The average Bonchev–Trinajstić information content (AvgIpc) is 2.23. The highest BCUT2D eigenvalue weighted by atomic mass is 16.3. The SMILES string of the molecule is CN(C)CCCN1CC(C)(O)CNCC1(C)C. The molecule has 2 N–H and O–H groups in total. The van der Waals surface area contributed by atoms with Crippen molar-refractivity contribution in [2.45, 2.75) is 38.3 Å². The van der Waals surface area contributed by atoms with Gasteiger partial charge in [0.05, 0.1) is 5.60 Å². The molecule has 0 aromatic rings. The van der Waals surface area contributed by atoms with Gasteiger partial charge in [0.25, 0.3) is 0 Å². The van der Waals surface area contributed by atoms with Crippen LogP contribution in [0.5, 0.6) is 0 Å². The maximum Gasteiger partial charge on any atom is 0.0869 e. The summed E-state index contributed by atoms with van der Waals surface area (Å²) < 4.78 is 0. The van der Waals surface area contributed by atoms with Crippen LogP contribution in [0.25, 0.3) is 0 Å². The van der Waals surface area contributed by atoms with Crippen LogP contribution in [0.2, 0.25) is 0 Å². The van der Waals surface area contributed by atoms with Crippen LogP contribution in [0.3, 0.4) is 0 Å². The topological polar surface area (TPSA) is 38.7 Å². The molecule has 0 amide bonds. The molecule has 1 heterocycles. The van der Waals surface area contributed by atoms with Crippen molar-refractivity contribution in [3.63, 3.8) is 0 Å². The zero-order valence-electron chi connectivity index (χ0n) is 12.1. The molecule has 4 nitrogen and oxygen atoms in total. The van der Waals surface area contributed by atoms with Crippen LogP contribution in [0, 0.1) is 0 Å². The molecule has 1 aliphatic heterocycles. The summed E-state index contributed by atoms with van der Waals surface area (Å²) in [7, 11) is 4.20. The summed E-state index contributed by atoms with van der Waals surface area (Å²) in [5.74, 6) is 0. The molecule has 1 rings (SSSR count). The number of aliphatic hydroxyl groups is 1. The second kappa shape index (κ2) is 5.65. The molecule has 0 spiro atoms. The van der Waals surface area contributed by atoms with Crippen molar-refractivity contribution in [1.29, 1.82) is 0 Å². The van der Waals surface area contributed by atoms with Gasteiger partial charge in [0.15, 0.2) is 0 Å². The maximum absolute atomic E-state index is 10.3. The lowest BCUT2D eigenvalue weighted by atomic mass is 10.0. The Morgan fingerprint density at radius 2 is 1.88 bits per heavy atom. The number of hydrogen-bond acceptors (Lipinski definition) is 4. The van der Waals surface area contributed by atoms with Crippen LogP contribution in [0.15, 0.2) is 0 Å². The summed E-state index contributed by atoms with van der Waals surface area (Å²) in [6.07, 6.45) is 1.15. The molecule has 1 saturated heterocycles. The minimum Gasteiger partial charge on any atom is -0.388 e. The molecular weight excluding hydrogens is 214 g/mol. The Morgan fingerprint density at radius 1 is 1.24 bits per heavy atom. The largest absolute Gasteiger partial charge is 0.388 e. The molecule has 1 fully saturated rings. The van der Waals surface area contributed by atoms with E-state index in [1.165, 1.54) is 0 Å². The number of hydrogen-bond donors (Lipinski definition) is 2. The van der Waals surface area contributed by atoms with Crippen molar-refractivity contribution >= 4 is 0 Å². The first-order chi connectivity index (χ1) is 7.73. The van der Waals surface area contributed by atoms with E-state index in [1.807, 2.05) is 6.92 Å². The highest BCUT2D eigenvalue weighted by Gasteiger charge is 2.35. The highest BCUT2D eigenvalue weighted by Crippen LogP contribution is 2.20. The van der Waals surface area contributed by atoms with Crippen LogP contribution in [-0.4, -0.2) is 72.9 Å². The Morgan fingerprint density at radius 3 is 2.47 bits per heavy atom. The molecule has 102 valence electrons. The third-order valence-electron chi connectivity index (χ3n) is 3.48. The third kappa shape index (κ3) is 4.92.